The van der Waals surface area contributed by atoms with Gasteiger partial charge in [0.2, 0.25) is 0 Å². The number of rotatable bonds is 3. The molecule has 3 saturated carbocycles. The fourth-order valence-electron chi connectivity index (χ4n) is 7.36. The van der Waals surface area contributed by atoms with Gasteiger partial charge in [-0.1, -0.05) is 19.4 Å². The SMILES string of the molecule is CC(=O)OC1CC(=O)C=C2CC[C@H]3[C@@H]4CC[C@](O)(C(=O)CO)[C@@]4(C)CC(=O)[C@@H]3[C@]21C. The van der Waals surface area contributed by atoms with Crippen molar-refractivity contribution in [2.75, 3.05) is 6.61 Å². The Kier molecular flexibility index (Phi) is 4.86. The highest BCUT2D eigenvalue weighted by atomic mass is 16.5. The second-order valence-electron chi connectivity index (χ2n) is 10.0. The highest BCUT2D eigenvalue weighted by Gasteiger charge is 2.69. The number of fused-ring (bicyclic) bond motifs is 5. The molecule has 2 N–H and O–H groups in total. The first-order valence-electron chi connectivity index (χ1n) is 10.8. The number of ether oxygens (including phenoxy) is 1. The van der Waals surface area contributed by atoms with E-state index in [-0.39, 0.29) is 42.7 Å². The second kappa shape index (κ2) is 6.82. The van der Waals surface area contributed by atoms with Crippen molar-refractivity contribution in [2.24, 2.45) is 28.6 Å². The first-order chi connectivity index (χ1) is 14.0. The molecule has 0 saturated heterocycles. The summed E-state index contributed by atoms with van der Waals surface area (Å²) in [6.07, 6.45) is 3.15. The summed E-state index contributed by atoms with van der Waals surface area (Å²) in [7, 11) is 0. The normalized spacial score (nSPS) is 45.2. The molecule has 1 unspecified atom stereocenters. The molecule has 0 aromatic heterocycles. The molecule has 0 aromatic rings. The minimum atomic E-state index is -1.71. The van der Waals surface area contributed by atoms with Crippen LogP contribution in [0.3, 0.4) is 0 Å². The van der Waals surface area contributed by atoms with Crippen molar-refractivity contribution in [1.29, 1.82) is 0 Å². The molecule has 7 heteroatoms. The Morgan fingerprint density at radius 3 is 2.57 bits per heavy atom. The van der Waals surface area contributed by atoms with Crippen LogP contribution >= 0.6 is 0 Å². The minimum absolute atomic E-state index is 0.0324. The van der Waals surface area contributed by atoms with Gasteiger partial charge in [-0.3, -0.25) is 19.2 Å². The monoisotopic (exact) mass is 418 g/mol. The van der Waals surface area contributed by atoms with Gasteiger partial charge in [0, 0.05) is 36.5 Å². The van der Waals surface area contributed by atoms with Crippen molar-refractivity contribution in [1.82, 2.24) is 0 Å². The maximum Gasteiger partial charge on any atom is 0.302 e. The molecular formula is C23H30O7. The lowest BCUT2D eigenvalue weighted by Gasteiger charge is -2.59. The maximum absolute atomic E-state index is 13.6. The molecule has 4 aliphatic carbocycles. The van der Waals surface area contributed by atoms with Crippen LogP contribution < -0.4 is 0 Å². The molecule has 0 aliphatic heterocycles. The Morgan fingerprint density at radius 2 is 1.93 bits per heavy atom. The molecule has 30 heavy (non-hydrogen) atoms. The molecule has 0 radical (unpaired) electrons. The quantitative estimate of drug-likeness (QED) is 0.667. The van der Waals surface area contributed by atoms with E-state index in [1.54, 1.807) is 13.0 Å². The summed E-state index contributed by atoms with van der Waals surface area (Å²) in [4.78, 5) is 50.1. The first-order valence-corrected chi connectivity index (χ1v) is 10.8. The lowest BCUT2D eigenvalue weighted by molar-refractivity contribution is -0.180. The molecule has 3 fully saturated rings. The van der Waals surface area contributed by atoms with Crippen LogP contribution in [0.25, 0.3) is 0 Å². The van der Waals surface area contributed by atoms with Crippen LogP contribution in [-0.2, 0) is 23.9 Å². The van der Waals surface area contributed by atoms with Gasteiger partial charge in [0.15, 0.2) is 11.6 Å². The maximum atomic E-state index is 13.6. The molecule has 7 atom stereocenters. The standard InChI is InChI=1S/C23H30O7/c1-12(25)30-19-9-14(26)8-13-4-5-15-16-6-7-23(29,18(28)11-24)21(16,2)10-17(27)20(15)22(13,19)3/h8,15-16,19-20,24,29H,4-7,9-11H2,1-3H3/t15-,16-,19?,20+,21-,22+,23-/m0/s1. The smallest absolute Gasteiger partial charge is 0.302 e. The number of hydrogen-bond donors (Lipinski definition) is 2. The summed E-state index contributed by atoms with van der Waals surface area (Å²) < 4.78 is 5.58. The predicted molar refractivity (Wildman–Crippen MR) is 105 cm³/mol. The second-order valence-corrected chi connectivity index (χ2v) is 10.0. The van der Waals surface area contributed by atoms with Gasteiger partial charge in [-0.15, -0.1) is 0 Å². The number of esters is 1. The van der Waals surface area contributed by atoms with Gasteiger partial charge < -0.3 is 14.9 Å². The largest absolute Gasteiger partial charge is 0.461 e. The van der Waals surface area contributed by atoms with Crippen molar-refractivity contribution in [3.8, 4) is 0 Å². The van der Waals surface area contributed by atoms with Crippen LogP contribution in [0.2, 0.25) is 0 Å². The van der Waals surface area contributed by atoms with Gasteiger partial charge >= 0.3 is 5.97 Å². The number of aliphatic hydroxyl groups excluding tert-OH is 1. The summed E-state index contributed by atoms with van der Waals surface area (Å²) in [6.45, 7) is 4.29. The van der Waals surface area contributed by atoms with Gasteiger partial charge in [-0.05, 0) is 43.6 Å². The highest BCUT2D eigenvalue weighted by Crippen LogP contribution is 2.66. The Hall–Kier alpha value is -1.86. The van der Waals surface area contributed by atoms with E-state index in [0.717, 1.165) is 5.57 Å². The van der Waals surface area contributed by atoms with Crippen LogP contribution in [0.1, 0.15) is 59.3 Å². The lowest BCUT2D eigenvalue weighted by Crippen LogP contribution is -2.63. The molecule has 0 heterocycles. The van der Waals surface area contributed by atoms with Crippen molar-refractivity contribution in [3.63, 3.8) is 0 Å². The van der Waals surface area contributed by atoms with Crippen molar-refractivity contribution in [3.05, 3.63) is 11.6 Å². The van der Waals surface area contributed by atoms with E-state index in [2.05, 4.69) is 0 Å². The van der Waals surface area contributed by atoms with Crippen molar-refractivity contribution >= 4 is 23.3 Å². The van der Waals surface area contributed by atoms with Crippen LogP contribution in [0, 0.1) is 28.6 Å². The van der Waals surface area contributed by atoms with E-state index < -0.39 is 46.8 Å². The Morgan fingerprint density at radius 1 is 1.23 bits per heavy atom. The summed E-state index contributed by atoms with van der Waals surface area (Å²) in [5.41, 5.74) is -2.53. The molecule has 4 rings (SSSR count). The molecule has 0 spiro atoms. The Labute approximate surface area is 175 Å². The Balaban J connectivity index is 1.78. The summed E-state index contributed by atoms with van der Waals surface area (Å²) >= 11 is 0. The van der Waals surface area contributed by atoms with Crippen LogP contribution in [0.5, 0.6) is 0 Å². The topological polar surface area (TPSA) is 118 Å². The number of hydrogen-bond acceptors (Lipinski definition) is 7. The third-order valence-corrected chi connectivity index (χ3v) is 8.80. The average Bonchev–Trinajstić information content (AvgIpc) is 2.93. The molecule has 7 nitrogen and oxygen atoms in total. The molecular weight excluding hydrogens is 388 g/mol. The number of Topliss-reactive ketones (excluding diaryl/α,β-unsaturated/α-hetero) is 2. The molecule has 0 bridgehead atoms. The van der Waals surface area contributed by atoms with E-state index in [0.29, 0.717) is 19.3 Å². The average molecular weight is 418 g/mol. The Bertz CT molecular complexity index is 860. The molecule has 4 aliphatic rings. The lowest BCUT2D eigenvalue weighted by atomic mass is 9.45. The summed E-state index contributed by atoms with van der Waals surface area (Å²) in [5, 5.41) is 20.7. The van der Waals surface area contributed by atoms with Gasteiger partial charge in [0.25, 0.3) is 0 Å². The molecule has 0 amide bonds. The number of ketones is 3. The molecule has 164 valence electrons. The fourth-order valence-corrected chi connectivity index (χ4v) is 7.36. The van der Waals surface area contributed by atoms with E-state index in [9.17, 15) is 29.4 Å². The third kappa shape index (κ3) is 2.64. The van der Waals surface area contributed by atoms with Gasteiger partial charge in [-0.2, -0.15) is 0 Å². The number of carbonyl (C=O) groups excluding carboxylic acids is 4. The highest BCUT2D eigenvalue weighted by molar-refractivity contribution is 5.95. The van der Waals surface area contributed by atoms with E-state index in [1.165, 1.54) is 6.92 Å². The number of aliphatic hydroxyl groups is 2. The first kappa shape index (κ1) is 21.4. The zero-order chi connectivity index (χ0) is 22.1. The third-order valence-electron chi connectivity index (χ3n) is 8.80. The molecule has 0 aromatic carbocycles. The zero-order valence-electron chi connectivity index (χ0n) is 17.8. The summed E-state index contributed by atoms with van der Waals surface area (Å²) in [6, 6.07) is 0. The van der Waals surface area contributed by atoms with Crippen molar-refractivity contribution in [2.45, 2.75) is 71.0 Å². The number of carbonyl (C=O) groups is 4. The van der Waals surface area contributed by atoms with Crippen LogP contribution in [0.15, 0.2) is 11.6 Å². The van der Waals surface area contributed by atoms with Gasteiger partial charge in [0.05, 0.1) is 0 Å². The van der Waals surface area contributed by atoms with E-state index in [4.69, 9.17) is 4.74 Å². The van der Waals surface area contributed by atoms with Crippen molar-refractivity contribution < 1.29 is 34.1 Å². The van der Waals surface area contributed by atoms with E-state index >= 15 is 0 Å². The fraction of sp³-hybridized carbons (Fsp3) is 0.739. The van der Waals surface area contributed by atoms with Gasteiger partial charge in [0.1, 0.15) is 24.1 Å². The predicted octanol–water partition coefficient (Wildman–Crippen LogP) is 1.53. The summed E-state index contributed by atoms with van der Waals surface area (Å²) in [5.74, 6) is -1.83. The van der Waals surface area contributed by atoms with Crippen LogP contribution in [0.4, 0.5) is 0 Å². The minimum Gasteiger partial charge on any atom is -0.461 e. The van der Waals surface area contributed by atoms with Crippen LogP contribution in [-0.4, -0.2) is 51.8 Å². The van der Waals surface area contributed by atoms with E-state index in [1.807, 2.05) is 6.92 Å². The van der Waals surface area contributed by atoms with Gasteiger partial charge in [-0.25, -0.2) is 0 Å². The zero-order valence-corrected chi connectivity index (χ0v) is 17.8.